The molecule has 7 fully saturated rings. The second kappa shape index (κ2) is 22.4. The standard InChI is InChI=1S/C42H68O23/c43-13-26-30(50)33(53)36(56)40(62-26)60-24-11-19(46)10-23-20(24)12-25(38(59-23)17-3-5-18(45)6-4-17)61-42-39(65-41-37(57)34(54)31(51)27(14-44)63-41)35(55)32(52)28(64-42)15-58-29(49)8-2-16-1-7-21(47)22(48)9-16/h2,8,16-28,30-48,50-57H,1,3-7,9-15H2/p+1. The zero-order valence-corrected chi connectivity index (χ0v) is 35.8. The number of ether oxygens (including phenoxy) is 8. The Morgan fingerprint density at radius 1 is 0.554 bits per heavy atom. The minimum Gasteiger partial charge on any atom is -0.460 e. The molecule has 24 unspecified atom stereocenters. The molecule has 4 aliphatic heterocycles. The van der Waals surface area contributed by atoms with E-state index in [4.69, 9.17) is 37.9 Å². The van der Waals surface area contributed by atoms with E-state index < -0.39 is 173 Å². The van der Waals surface area contributed by atoms with Crippen LogP contribution in [0.1, 0.15) is 64.2 Å². The van der Waals surface area contributed by atoms with Gasteiger partial charge in [-0.15, -0.1) is 0 Å². The van der Waals surface area contributed by atoms with Crippen LogP contribution in [0.15, 0.2) is 12.2 Å². The fraction of sp³-hybridized carbons (Fsp3) is 0.929. The topological polar surface area (TPSA) is 378 Å². The second-order valence-electron chi connectivity index (χ2n) is 18.9. The average Bonchev–Trinajstić information content (AvgIpc) is 3.29. The van der Waals surface area contributed by atoms with Crippen LogP contribution in [0.2, 0.25) is 0 Å². The third-order valence-electron chi connectivity index (χ3n) is 14.4. The number of carbonyl (C=O) groups is 1. The number of carbonyl (C=O) groups excluding carboxylic acids is 1. The van der Waals surface area contributed by atoms with Gasteiger partial charge in [0, 0.05) is 24.8 Å². The van der Waals surface area contributed by atoms with Crippen LogP contribution in [-0.4, -0.2) is 243 Å². The molecular weight excluding hydrogens is 872 g/mol. The second-order valence-corrected chi connectivity index (χ2v) is 18.9. The Labute approximate surface area is 374 Å². The van der Waals surface area contributed by atoms with Crippen molar-refractivity contribution in [3.05, 3.63) is 12.2 Å². The first kappa shape index (κ1) is 51.2. The summed E-state index contributed by atoms with van der Waals surface area (Å²) in [5.41, 5.74) is 0. The molecule has 24 atom stereocenters. The number of fused-ring (bicyclic) bond motifs is 1. The normalized spacial score (nSPS) is 51.0. The number of aliphatic hydroxyl groups is 16. The van der Waals surface area contributed by atoms with E-state index in [1.54, 1.807) is 6.08 Å². The Kier molecular flexibility index (Phi) is 17.7. The third-order valence-corrected chi connectivity index (χ3v) is 14.4. The highest BCUT2D eigenvalue weighted by Crippen LogP contribution is 2.44. The summed E-state index contributed by atoms with van der Waals surface area (Å²) in [6, 6.07) is 0. The zero-order valence-electron chi connectivity index (χ0n) is 35.8. The number of hydrogen-bond donors (Lipinski definition) is 14. The molecule has 0 aromatic rings. The van der Waals surface area contributed by atoms with Gasteiger partial charge in [0.2, 0.25) is 0 Å². The first-order valence-corrected chi connectivity index (χ1v) is 22.8. The molecule has 23 heteroatoms. The lowest BCUT2D eigenvalue weighted by Gasteiger charge is -2.50. The van der Waals surface area contributed by atoms with Crippen molar-refractivity contribution in [3.8, 4) is 0 Å². The van der Waals surface area contributed by atoms with Gasteiger partial charge >= 0.3 is 5.97 Å². The van der Waals surface area contributed by atoms with Crippen molar-refractivity contribution in [2.24, 2.45) is 17.8 Å². The highest BCUT2D eigenvalue weighted by Gasteiger charge is 2.57. The molecule has 15 N–H and O–H groups in total. The van der Waals surface area contributed by atoms with Crippen LogP contribution in [0.5, 0.6) is 0 Å². The predicted molar refractivity (Wildman–Crippen MR) is 213 cm³/mol. The lowest BCUT2D eigenvalue weighted by molar-refractivity contribution is -0.389. The minimum absolute atomic E-state index is 0.0254. The number of aliphatic hydroxyl groups excluding tert-OH is 14. The SMILES string of the molecule is O=C(C=CC1CCC(O)C(O)C1)OCC1OC(OC2CC3C(OC4OC(CO)C(O)C(O)C4O)CC(O)CC3[OH+]C2C2CCC(O)CC2)C(OC2OC(CO)C(O)C(O)C2O)C(O)C1O. The van der Waals surface area contributed by atoms with Crippen LogP contribution in [0.4, 0.5) is 0 Å². The Bertz CT molecular complexity index is 1530. The summed E-state index contributed by atoms with van der Waals surface area (Å²) >= 11 is 0. The van der Waals surface area contributed by atoms with Crippen molar-refractivity contribution in [2.45, 2.75) is 205 Å². The van der Waals surface area contributed by atoms with Crippen LogP contribution >= 0.6 is 0 Å². The number of esters is 1. The number of allylic oxidation sites excluding steroid dienone is 1. The van der Waals surface area contributed by atoms with Crippen molar-refractivity contribution in [3.63, 3.8) is 0 Å². The maximum Gasteiger partial charge on any atom is 0.330 e. The summed E-state index contributed by atoms with van der Waals surface area (Å²) in [5.74, 6) is -1.79. The van der Waals surface area contributed by atoms with E-state index in [1.165, 1.54) is 0 Å². The maximum atomic E-state index is 12.9. The van der Waals surface area contributed by atoms with E-state index in [-0.39, 0.29) is 37.5 Å². The Morgan fingerprint density at radius 2 is 1.14 bits per heavy atom. The molecule has 0 bridgehead atoms. The first-order valence-electron chi connectivity index (χ1n) is 22.8. The van der Waals surface area contributed by atoms with E-state index in [0.717, 1.165) is 6.08 Å². The smallest absolute Gasteiger partial charge is 0.330 e. The average molecular weight is 942 g/mol. The van der Waals surface area contributed by atoms with Gasteiger partial charge in [0.05, 0.1) is 49.7 Å². The van der Waals surface area contributed by atoms with Crippen molar-refractivity contribution in [1.82, 2.24) is 0 Å². The van der Waals surface area contributed by atoms with E-state index >= 15 is 0 Å². The molecule has 374 valence electrons. The monoisotopic (exact) mass is 941 g/mol. The Hall–Kier alpha value is -1.63. The summed E-state index contributed by atoms with van der Waals surface area (Å²) in [5, 5.41) is 148. The van der Waals surface area contributed by atoms with Crippen LogP contribution in [0, 0.1) is 17.8 Å². The number of rotatable bonds is 13. The molecule has 4 saturated heterocycles. The van der Waals surface area contributed by atoms with Gasteiger partial charge < -0.3 is 109 Å². The molecule has 7 rings (SSSR count). The van der Waals surface area contributed by atoms with Gasteiger partial charge in [-0.3, -0.25) is 0 Å². The van der Waals surface area contributed by atoms with E-state index in [1.807, 2.05) is 0 Å². The van der Waals surface area contributed by atoms with Crippen LogP contribution < -0.4 is 0 Å². The summed E-state index contributed by atoms with van der Waals surface area (Å²) in [7, 11) is 0. The fourth-order valence-electron chi connectivity index (χ4n) is 10.5. The third kappa shape index (κ3) is 11.7. The quantitative estimate of drug-likeness (QED) is 0.0464. The Morgan fingerprint density at radius 3 is 1.75 bits per heavy atom. The molecule has 4 heterocycles. The minimum atomic E-state index is -1.93. The molecule has 7 aliphatic rings. The lowest BCUT2D eigenvalue weighted by atomic mass is 9.73. The molecule has 23 nitrogen and oxygen atoms in total. The highest BCUT2D eigenvalue weighted by atomic mass is 16.8. The van der Waals surface area contributed by atoms with Crippen molar-refractivity contribution in [1.29, 1.82) is 0 Å². The molecule has 0 spiro atoms. The largest absolute Gasteiger partial charge is 0.460 e. The molecular formula is C42H69O23+. The van der Waals surface area contributed by atoms with E-state index in [0.29, 0.717) is 38.5 Å². The van der Waals surface area contributed by atoms with Crippen molar-refractivity contribution >= 4 is 5.97 Å². The Balaban J connectivity index is 1.14. The molecule has 0 aromatic carbocycles. The van der Waals surface area contributed by atoms with Crippen molar-refractivity contribution < 1.29 is 114 Å². The summed E-state index contributed by atoms with van der Waals surface area (Å²) in [6.45, 7) is -2.11. The van der Waals surface area contributed by atoms with Gasteiger partial charge in [0.15, 0.2) is 31.1 Å². The molecule has 0 amide bonds. The molecule has 65 heavy (non-hydrogen) atoms. The summed E-state index contributed by atoms with van der Waals surface area (Å²) in [6.07, 6.45) is -25.5. The molecule has 3 aliphatic carbocycles. The summed E-state index contributed by atoms with van der Waals surface area (Å²) < 4.78 is 47.1. The molecule has 0 aromatic heterocycles. The molecule has 0 radical (unpaired) electrons. The molecule has 3 saturated carbocycles. The number of hydrogen-bond acceptors (Lipinski definition) is 22. The maximum absolute atomic E-state index is 12.9. The van der Waals surface area contributed by atoms with Gasteiger partial charge in [0.1, 0.15) is 86.0 Å². The summed E-state index contributed by atoms with van der Waals surface area (Å²) in [4.78, 5) is 12.9. The van der Waals surface area contributed by atoms with Gasteiger partial charge in [-0.25, -0.2) is 4.79 Å². The van der Waals surface area contributed by atoms with Gasteiger partial charge in [-0.2, -0.15) is 0 Å². The first-order chi connectivity index (χ1) is 31.0. The fourth-order valence-corrected chi connectivity index (χ4v) is 10.5. The van der Waals surface area contributed by atoms with Gasteiger partial charge in [-0.05, 0) is 57.3 Å². The van der Waals surface area contributed by atoms with E-state index in [2.05, 4.69) is 0 Å². The van der Waals surface area contributed by atoms with Crippen molar-refractivity contribution in [2.75, 3.05) is 19.8 Å². The lowest BCUT2D eigenvalue weighted by Crippen LogP contribution is -2.66. The van der Waals surface area contributed by atoms with Gasteiger partial charge in [-0.1, -0.05) is 6.08 Å². The highest BCUT2D eigenvalue weighted by molar-refractivity contribution is 5.81. The predicted octanol–water partition coefficient (Wildman–Crippen LogP) is -6.20. The van der Waals surface area contributed by atoms with E-state index in [9.17, 15) is 76.3 Å². The van der Waals surface area contributed by atoms with Crippen LogP contribution in [0.3, 0.4) is 0 Å². The zero-order chi connectivity index (χ0) is 46.9. The van der Waals surface area contributed by atoms with Gasteiger partial charge in [0.25, 0.3) is 0 Å². The van der Waals surface area contributed by atoms with Crippen LogP contribution in [0.25, 0.3) is 0 Å². The van der Waals surface area contributed by atoms with Crippen LogP contribution in [-0.2, 0) is 38.0 Å².